The third kappa shape index (κ3) is 7.73. The van der Waals surface area contributed by atoms with Gasteiger partial charge in [0.15, 0.2) is 0 Å². The molecule has 0 saturated heterocycles. The predicted octanol–water partition coefficient (Wildman–Crippen LogP) is 5.02. The standard InChI is InChI=1S/C29H33ClFN3O5S/c1-5-39-25-14-12-24(13-15-25)34(40(37,38)26-16-10-23(31)11-17-26)19-28(35)33(21(4)29(36)32-20(2)3)18-22-8-6-7-9-27(22)30/h6-17,20-21H,5,18-19H2,1-4H3,(H,32,36)/t21-/m1/s1. The Morgan fingerprint density at radius 3 is 2.17 bits per heavy atom. The van der Waals surface area contributed by atoms with E-state index in [0.29, 0.717) is 22.9 Å². The van der Waals surface area contributed by atoms with Crippen LogP contribution in [0.15, 0.2) is 77.7 Å². The summed E-state index contributed by atoms with van der Waals surface area (Å²) in [5.41, 5.74) is 0.786. The minimum absolute atomic E-state index is 0.0289. The molecule has 0 radical (unpaired) electrons. The summed E-state index contributed by atoms with van der Waals surface area (Å²) < 4.78 is 47.5. The number of hydrogen-bond donors (Lipinski definition) is 1. The number of ether oxygens (including phenoxy) is 1. The first-order valence-electron chi connectivity index (χ1n) is 12.8. The van der Waals surface area contributed by atoms with E-state index >= 15 is 0 Å². The highest BCUT2D eigenvalue weighted by molar-refractivity contribution is 7.92. The molecule has 1 atom stereocenters. The lowest BCUT2D eigenvalue weighted by atomic mass is 10.1. The summed E-state index contributed by atoms with van der Waals surface area (Å²) in [6.07, 6.45) is 0. The number of hydrogen-bond acceptors (Lipinski definition) is 5. The van der Waals surface area contributed by atoms with Crippen LogP contribution in [0.5, 0.6) is 5.75 Å². The molecule has 0 aliphatic heterocycles. The first kappa shape index (κ1) is 30.9. The Hall–Kier alpha value is -3.63. The molecule has 0 aliphatic rings. The molecule has 2 amide bonds. The fourth-order valence-electron chi connectivity index (χ4n) is 3.94. The average Bonchev–Trinajstić information content (AvgIpc) is 2.91. The molecule has 8 nitrogen and oxygen atoms in total. The quantitative estimate of drug-likeness (QED) is 0.320. The number of carbonyl (C=O) groups is 2. The summed E-state index contributed by atoms with van der Waals surface area (Å²) in [6.45, 7) is 6.75. The van der Waals surface area contributed by atoms with Crippen molar-refractivity contribution in [1.82, 2.24) is 10.2 Å². The zero-order chi connectivity index (χ0) is 29.4. The maximum atomic E-state index is 13.9. The van der Waals surface area contributed by atoms with Gasteiger partial charge in [-0.1, -0.05) is 29.8 Å². The Kier molecular flexibility index (Phi) is 10.5. The monoisotopic (exact) mass is 589 g/mol. The Morgan fingerprint density at radius 1 is 0.975 bits per heavy atom. The van der Waals surface area contributed by atoms with Crippen molar-refractivity contribution in [2.75, 3.05) is 17.5 Å². The summed E-state index contributed by atoms with van der Waals surface area (Å²) >= 11 is 6.36. The molecule has 0 bridgehead atoms. The van der Waals surface area contributed by atoms with Crippen LogP contribution in [-0.2, 0) is 26.2 Å². The van der Waals surface area contributed by atoms with Crippen LogP contribution in [0.1, 0.15) is 33.3 Å². The van der Waals surface area contributed by atoms with Gasteiger partial charge in [0.2, 0.25) is 11.8 Å². The van der Waals surface area contributed by atoms with E-state index in [9.17, 15) is 22.4 Å². The van der Waals surface area contributed by atoms with E-state index in [-0.39, 0.29) is 23.2 Å². The zero-order valence-electron chi connectivity index (χ0n) is 22.8. The first-order chi connectivity index (χ1) is 18.9. The molecule has 3 aromatic carbocycles. The second kappa shape index (κ2) is 13.6. The molecule has 3 rings (SSSR count). The van der Waals surface area contributed by atoms with Gasteiger partial charge < -0.3 is 15.0 Å². The van der Waals surface area contributed by atoms with Crippen molar-refractivity contribution in [3.8, 4) is 5.75 Å². The van der Waals surface area contributed by atoms with E-state index in [0.717, 1.165) is 28.6 Å². The smallest absolute Gasteiger partial charge is 0.264 e. The van der Waals surface area contributed by atoms with Crippen molar-refractivity contribution in [2.45, 2.75) is 51.2 Å². The summed E-state index contributed by atoms with van der Waals surface area (Å²) in [5, 5.41) is 3.20. The Morgan fingerprint density at radius 2 is 1.60 bits per heavy atom. The Bertz CT molecular complexity index is 1420. The molecule has 0 heterocycles. The SMILES string of the molecule is CCOc1ccc(N(CC(=O)N(Cc2ccccc2Cl)[C@H](C)C(=O)NC(C)C)S(=O)(=O)c2ccc(F)cc2)cc1. The maximum absolute atomic E-state index is 13.9. The van der Waals surface area contributed by atoms with Crippen molar-refractivity contribution < 1.29 is 27.1 Å². The third-order valence-corrected chi connectivity index (χ3v) is 8.17. The van der Waals surface area contributed by atoms with Crippen molar-refractivity contribution in [3.63, 3.8) is 0 Å². The largest absolute Gasteiger partial charge is 0.494 e. The molecule has 0 saturated carbocycles. The number of nitrogens with one attached hydrogen (secondary N) is 1. The highest BCUT2D eigenvalue weighted by Gasteiger charge is 2.33. The van der Waals surface area contributed by atoms with Crippen LogP contribution < -0.4 is 14.4 Å². The van der Waals surface area contributed by atoms with Crippen molar-refractivity contribution in [3.05, 3.63) is 89.2 Å². The number of anilines is 1. The van der Waals surface area contributed by atoms with E-state index in [1.165, 1.54) is 17.0 Å². The van der Waals surface area contributed by atoms with Gasteiger partial charge >= 0.3 is 0 Å². The highest BCUT2D eigenvalue weighted by atomic mass is 35.5. The second-order valence-corrected chi connectivity index (χ2v) is 11.6. The molecular formula is C29H33ClFN3O5S. The van der Waals surface area contributed by atoms with E-state index in [2.05, 4.69) is 5.32 Å². The molecule has 0 aromatic heterocycles. The molecule has 3 aromatic rings. The normalized spacial score (nSPS) is 12.1. The van der Waals surface area contributed by atoms with Gasteiger partial charge in [-0.3, -0.25) is 13.9 Å². The van der Waals surface area contributed by atoms with Crippen LogP contribution in [0.4, 0.5) is 10.1 Å². The molecule has 0 fully saturated rings. The van der Waals surface area contributed by atoms with Gasteiger partial charge in [-0.2, -0.15) is 0 Å². The van der Waals surface area contributed by atoms with Crippen molar-refractivity contribution >= 4 is 39.1 Å². The number of carbonyl (C=O) groups excluding carboxylic acids is 2. The second-order valence-electron chi connectivity index (χ2n) is 9.34. The van der Waals surface area contributed by atoms with Crippen LogP contribution >= 0.6 is 11.6 Å². The van der Waals surface area contributed by atoms with E-state index in [1.54, 1.807) is 57.2 Å². The fourth-order valence-corrected chi connectivity index (χ4v) is 5.55. The number of halogens is 2. The maximum Gasteiger partial charge on any atom is 0.264 e. The van der Waals surface area contributed by atoms with Gasteiger partial charge in [-0.15, -0.1) is 0 Å². The number of benzene rings is 3. The van der Waals surface area contributed by atoms with Crippen molar-refractivity contribution in [1.29, 1.82) is 0 Å². The summed E-state index contributed by atoms with van der Waals surface area (Å²) in [6, 6.07) is 16.4. The molecule has 0 aliphatic carbocycles. The average molecular weight is 590 g/mol. The Labute approximate surface area is 239 Å². The lowest BCUT2D eigenvalue weighted by Gasteiger charge is -2.32. The lowest BCUT2D eigenvalue weighted by molar-refractivity contribution is -0.139. The number of rotatable bonds is 12. The summed E-state index contributed by atoms with van der Waals surface area (Å²) in [5.74, 6) is -1.11. The van der Waals surface area contributed by atoms with Gasteiger partial charge in [-0.25, -0.2) is 12.8 Å². The number of amides is 2. The fraction of sp³-hybridized carbons (Fsp3) is 0.310. The summed E-state index contributed by atoms with van der Waals surface area (Å²) in [7, 11) is -4.32. The molecule has 11 heteroatoms. The van der Waals surface area contributed by atoms with E-state index < -0.39 is 40.2 Å². The molecule has 1 N–H and O–H groups in total. The van der Waals surface area contributed by atoms with Gasteiger partial charge in [0, 0.05) is 17.6 Å². The van der Waals surface area contributed by atoms with Gasteiger partial charge in [0.1, 0.15) is 24.2 Å². The van der Waals surface area contributed by atoms with Crippen LogP contribution in [0, 0.1) is 5.82 Å². The minimum Gasteiger partial charge on any atom is -0.494 e. The molecule has 40 heavy (non-hydrogen) atoms. The highest BCUT2D eigenvalue weighted by Crippen LogP contribution is 2.27. The van der Waals surface area contributed by atoms with Crippen LogP contribution in [0.2, 0.25) is 5.02 Å². The Balaban J connectivity index is 2.04. The molecule has 0 spiro atoms. The van der Waals surface area contributed by atoms with E-state index in [4.69, 9.17) is 16.3 Å². The summed E-state index contributed by atoms with van der Waals surface area (Å²) in [4.78, 5) is 27.9. The molecular weight excluding hydrogens is 557 g/mol. The van der Waals surface area contributed by atoms with Gasteiger partial charge in [0.25, 0.3) is 10.0 Å². The van der Waals surface area contributed by atoms with Crippen LogP contribution in [0.25, 0.3) is 0 Å². The van der Waals surface area contributed by atoms with Crippen molar-refractivity contribution in [2.24, 2.45) is 0 Å². The van der Waals surface area contributed by atoms with Crippen LogP contribution in [-0.4, -0.2) is 50.4 Å². The zero-order valence-corrected chi connectivity index (χ0v) is 24.4. The third-order valence-electron chi connectivity index (χ3n) is 6.01. The van der Waals surface area contributed by atoms with Gasteiger partial charge in [0.05, 0.1) is 17.2 Å². The predicted molar refractivity (Wildman–Crippen MR) is 153 cm³/mol. The minimum atomic E-state index is -4.32. The number of nitrogens with zero attached hydrogens (tertiary/aromatic N) is 2. The van der Waals surface area contributed by atoms with Gasteiger partial charge in [-0.05, 0) is 87.9 Å². The van der Waals surface area contributed by atoms with Crippen LogP contribution in [0.3, 0.4) is 0 Å². The lowest BCUT2D eigenvalue weighted by Crippen LogP contribution is -2.52. The number of sulfonamides is 1. The molecule has 0 unspecified atom stereocenters. The topological polar surface area (TPSA) is 96.0 Å². The first-order valence-corrected chi connectivity index (χ1v) is 14.6. The molecule has 214 valence electrons. The van der Waals surface area contributed by atoms with E-state index in [1.807, 2.05) is 6.92 Å².